The van der Waals surface area contributed by atoms with Gasteiger partial charge in [-0.05, 0) is 42.8 Å². The molecule has 0 spiro atoms. The maximum absolute atomic E-state index is 11.9. The van der Waals surface area contributed by atoms with Crippen LogP contribution < -0.4 is 10.1 Å². The van der Waals surface area contributed by atoms with Crippen molar-refractivity contribution in [1.82, 2.24) is 5.32 Å². The average molecular weight is 403 g/mol. The van der Waals surface area contributed by atoms with Crippen molar-refractivity contribution in [2.45, 2.75) is 13.0 Å². The van der Waals surface area contributed by atoms with Crippen LogP contribution in [0.2, 0.25) is 10.0 Å². The number of carbonyl (C=O) groups excluding carboxylic acids is 1. The first-order valence-corrected chi connectivity index (χ1v) is 8.13. The Kier molecular flexibility index (Phi) is 6.12. The van der Waals surface area contributed by atoms with Gasteiger partial charge in [0.15, 0.2) is 6.61 Å². The molecule has 0 aliphatic carbocycles. The van der Waals surface area contributed by atoms with Gasteiger partial charge in [-0.2, -0.15) is 0 Å². The van der Waals surface area contributed by atoms with E-state index in [0.717, 1.165) is 10.0 Å². The van der Waals surface area contributed by atoms with Gasteiger partial charge in [-0.1, -0.05) is 51.3 Å². The predicted octanol–water partition coefficient (Wildman–Crippen LogP) is 5.01. The Balaban J connectivity index is 1.90. The van der Waals surface area contributed by atoms with Crippen LogP contribution in [0.1, 0.15) is 18.5 Å². The summed E-state index contributed by atoms with van der Waals surface area (Å²) in [5, 5.41) is 3.93. The van der Waals surface area contributed by atoms with Crippen LogP contribution in [-0.4, -0.2) is 12.5 Å². The molecule has 0 aliphatic heterocycles. The van der Waals surface area contributed by atoms with E-state index in [4.69, 9.17) is 27.9 Å². The first-order chi connectivity index (χ1) is 10.5. The zero-order valence-corrected chi connectivity index (χ0v) is 14.9. The third kappa shape index (κ3) is 4.90. The highest BCUT2D eigenvalue weighted by atomic mass is 79.9. The second kappa shape index (κ2) is 7.86. The van der Waals surface area contributed by atoms with Crippen LogP contribution in [0.15, 0.2) is 46.9 Å². The van der Waals surface area contributed by atoms with Gasteiger partial charge in [0.2, 0.25) is 0 Å². The molecule has 0 aliphatic rings. The molecule has 6 heteroatoms. The lowest BCUT2D eigenvalue weighted by Gasteiger charge is -2.15. The van der Waals surface area contributed by atoms with Crippen molar-refractivity contribution in [3.63, 3.8) is 0 Å². The molecule has 0 fully saturated rings. The summed E-state index contributed by atoms with van der Waals surface area (Å²) >= 11 is 15.3. The second-order valence-electron chi connectivity index (χ2n) is 4.71. The van der Waals surface area contributed by atoms with E-state index in [9.17, 15) is 4.79 Å². The van der Waals surface area contributed by atoms with E-state index in [2.05, 4.69) is 21.2 Å². The highest BCUT2D eigenvalue weighted by Gasteiger charge is 2.11. The van der Waals surface area contributed by atoms with Gasteiger partial charge >= 0.3 is 0 Å². The van der Waals surface area contributed by atoms with Gasteiger partial charge in [0.05, 0.1) is 11.1 Å². The Bertz CT molecular complexity index is 679. The number of benzene rings is 2. The molecule has 0 aromatic heterocycles. The lowest BCUT2D eigenvalue weighted by atomic mass is 10.1. The van der Waals surface area contributed by atoms with Crippen LogP contribution in [0.4, 0.5) is 0 Å². The highest BCUT2D eigenvalue weighted by Crippen LogP contribution is 2.27. The summed E-state index contributed by atoms with van der Waals surface area (Å²) in [6.07, 6.45) is 0. The average Bonchev–Trinajstić information content (AvgIpc) is 2.46. The van der Waals surface area contributed by atoms with E-state index < -0.39 is 0 Å². The molecule has 0 bridgehead atoms. The van der Waals surface area contributed by atoms with E-state index >= 15 is 0 Å². The first kappa shape index (κ1) is 17.1. The molecule has 1 amide bonds. The topological polar surface area (TPSA) is 38.3 Å². The Hall–Kier alpha value is -1.23. The summed E-state index contributed by atoms with van der Waals surface area (Å²) in [5.74, 6) is 0.238. The number of nitrogens with one attached hydrogen (secondary N) is 1. The zero-order valence-electron chi connectivity index (χ0n) is 11.8. The van der Waals surface area contributed by atoms with Crippen molar-refractivity contribution in [1.29, 1.82) is 0 Å². The molecule has 0 heterocycles. The fourth-order valence-electron chi connectivity index (χ4n) is 1.88. The van der Waals surface area contributed by atoms with Gasteiger partial charge in [0.1, 0.15) is 5.75 Å². The quantitative estimate of drug-likeness (QED) is 0.762. The van der Waals surface area contributed by atoms with Crippen LogP contribution in [0.5, 0.6) is 5.75 Å². The minimum Gasteiger partial charge on any atom is -0.482 e. The maximum Gasteiger partial charge on any atom is 0.258 e. The summed E-state index contributed by atoms with van der Waals surface area (Å²) in [6.45, 7) is 1.78. The van der Waals surface area contributed by atoms with Crippen molar-refractivity contribution >= 4 is 45.0 Å². The minimum absolute atomic E-state index is 0.105. The molecular weight excluding hydrogens is 389 g/mol. The van der Waals surface area contributed by atoms with Gasteiger partial charge in [0, 0.05) is 9.50 Å². The zero-order chi connectivity index (χ0) is 16.1. The molecule has 3 nitrogen and oxygen atoms in total. The molecule has 2 rings (SSSR count). The molecule has 116 valence electrons. The predicted molar refractivity (Wildman–Crippen MR) is 92.7 cm³/mol. The smallest absolute Gasteiger partial charge is 0.258 e. The maximum atomic E-state index is 11.9. The lowest BCUT2D eigenvalue weighted by Crippen LogP contribution is -2.31. The molecule has 0 saturated carbocycles. The third-order valence-electron chi connectivity index (χ3n) is 2.98. The van der Waals surface area contributed by atoms with Crippen molar-refractivity contribution < 1.29 is 9.53 Å². The molecule has 22 heavy (non-hydrogen) atoms. The van der Waals surface area contributed by atoms with Gasteiger partial charge < -0.3 is 10.1 Å². The number of hydrogen-bond donors (Lipinski definition) is 1. The Morgan fingerprint density at radius 3 is 2.73 bits per heavy atom. The van der Waals surface area contributed by atoms with Crippen LogP contribution >= 0.6 is 39.1 Å². The van der Waals surface area contributed by atoms with E-state index in [1.807, 2.05) is 25.1 Å². The standard InChI is InChI=1S/C16H14BrCl2NO2/c1-10(11-3-2-4-13(18)7-11)20-16(21)9-22-15-6-5-12(17)8-14(15)19/h2-8,10H,9H2,1H3,(H,20,21). The monoisotopic (exact) mass is 401 g/mol. The normalized spacial score (nSPS) is 11.8. The summed E-state index contributed by atoms with van der Waals surface area (Å²) in [6, 6.07) is 12.4. The highest BCUT2D eigenvalue weighted by molar-refractivity contribution is 9.10. The van der Waals surface area contributed by atoms with Crippen molar-refractivity contribution in [3.05, 3.63) is 62.5 Å². The molecule has 1 atom stereocenters. The van der Waals surface area contributed by atoms with Crippen molar-refractivity contribution in [2.24, 2.45) is 0 Å². The Labute approximate surface area is 147 Å². The molecule has 2 aromatic rings. The SMILES string of the molecule is CC(NC(=O)COc1ccc(Br)cc1Cl)c1cccc(Cl)c1. The number of halogens is 3. The largest absolute Gasteiger partial charge is 0.482 e. The summed E-state index contributed by atoms with van der Waals surface area (Å²) in [4.78, 5) is 11.9. The van der Waals surface area contributed by atoms with Gasteiger partial charge in [-0.15, -0.1) is 0 Å². The van der Waals surface area contributed by atoms with Crippen LogP contribution in [0.3, 0.4) is 0 Å². The number of carbonyl (C=O) groups is 1. The molecule has 0 radical (unpaired) electrons. The van der Waals surface area contributed by atoms with Crippen LogP contribution in [0.25, 0.3) is 0 Å². The minimum atomic E-state index is -0.230. The van der Waals surface area contributed by atoms with Crippen molar-refractivity contribution in [2.75, 3.05) is 6.61 Å². The summed E-state index contributed by atoms with van der Waals surface area (Å²) in [5.41, 5.74) is 0.933. The molecule has 2 aromatic carbocycles. The van der Waals surface area contributed by atoms with E-state index in [0.29, 0.717) is 15.8 Å². The van der Waals surface area contributed by atoms with Crippen LogP contribution in [-0.2, 0) is 4.79 Å². The fraction of sp³-hybridized carbons (Fsp3) is 0.188. The number of rotatable bonds is 5. The first-order valence-electron chi connectivity index (χ1n) is 6.58. The molecular formula is C16H14BrCl2NO2. The fourth-order valence-corrected chi connectivity index (χ4v) is 2.80. The number of hydrogen-bond acceptors (Lipinski definition) is 2. The van der Waals surface area contributed by atoms with Gasteiger partial charge in [-0.25, -0.2) is 0 Å². The molecule has 1 unspecified atom stereocenters. The van der Waals surface area contributed by atoms with Crippen LogP contribution in [0, 0.1) is 0 Å². The summed E-state index contributed by atoms with van der Waals surface area (Å²) in [7, 11) is 0. The molecule has 0 saturated heterocycles. The van der Waals surface area contributed by atoms with E-state index in [1.54, 1.807) is 24.3 Å². The third-order valence-corrected chi connectivity index (χ3v) is 4.00. The van der Waals surface area contributed by atoms with E-state index in [1.165, 1.54) is 0 Å². The number of amides is 1. The van der Waals surface area contributed by atoms with E-state index in [-0.39, 0.29) is 18.6 Å². The summed E-state index contributed by atoms with van der Waals surface area (Å²) < 4.78 is 6.27. The number of ether oxygens (including phenoxy) is 1. The van der Waals surface area contributed by atoms with Gasteiger partial charge in [-0.3, -0.25) is 4.79 Å². The Morgan fingerprint density at radius 1 is 1.27 bits per heavy atom. The van der Waals surface area contributed by atoms with Crippen molar-refractivity contribution in [3.8, 4) is 5.75 Å². The lowest BCUT2D eigenvalue weighted by molar-refractivity contribution is -0.123. The van der Waals surface area contributed by atoms with Gasteiger partial charge in [0.25, 0.3) is 5.91 Å². The second-order valence-corrected chi connectivity index (χ2v) is 6.47. The molecule has 1 N–H and O–H groups in total. The Morgan fingerprint density at radius 2 is 2.05 bits per heavy atom.